The van der Waals surface area contributed by atoms with E-state index < -0.39 is 0 Å². The van der Waals surface area contributed by atoms with Crippen molar-refractivity contribution in [3.63, 3.8) is 0 Å². The van der Waals surface area contributed by atoms with Gasteiger partial charge in [-0.1, -0.05) is 6.07 Å². The van der Waals surface area contributed by atoms with Gasteiger partial charge in [-0.25, -0.2) is 0 Å². The van der Waals surface area contributed by atoms with Crippen LogP contribution in [0.25, 0.3) is 0 Å². The average molecular weight is 260 g/mol. The third-order valence-electron chi connectivity index (χ3n) is 2.60. The Morgan fingerprint density at radius 1 is 1.37 bits per heavy atom. The van der Waals surface area contributed by atoms with Gasteiger partial charge in [-0.15, -0.1) is 0 Å². The highest BCUT2D eigenvalue weighted by Gasteiger charge is 2.07. The molecule has 4 nitrogen and oxygen atoms in total. The van der Waals surface area contributed by atoms with Gasteiger partial charge in [-0.3, -0.25) is 4.79 Å². The predicted molar refractivity (Wildman–Crippen MR) is 73.9 cm³/mol. The molecule has 19 heavy (non-hydrogen) atoms. The molecule has 0 spiro atoms. The van der Waals surface area contributed by atoms with Gasteiger partial charge in [0.05, 0.1) is 25.5 Å². The molecule has 0 aromatic heterocycles. The van der Waals surface area contributed by atoms with Crippen LogP contribution in [-0.4, -0.2) is 18.6 Å². The van der Waals surface area contributed by atoms with E-state index in [9.17, 15) is 4.79 Å². The number of ether oxygens (including phenoxy) is 1. The molecule has 0 saturated carbocycles. The van der Waals surface area contributed by atoms with Crippen LogP contribution >= 0.6 is 0 Å². The molecule has 1 rings (SSSR count). The van der Waals surface area contributed by atoms with Crippen molar-refractivity contribution in [1.29, 1.82) is 5.26 Å². The number of carbonyl (C=O) groups is 1. The Labute approximate surface area is 114 Å². The summed E-state index contributed by atoms with van der Waals surface area (Å²) in [6.07, 6.45) is 0.617. The van der Waals surface area contributed by atoms with Crippen LogP contribution in [0.3, 0.4) is 0 Å². The Morgan fingerprint density at radius 3 is 2.58 bits per heavy atom. The number of rotatable bonds is 6. The van der Waals surface area contributed by atoms with Crippen molar-refractivity contribution in [3.05, 3.63) is 29.3 Å². The summed E-state index contributed by atoms with van der Waals surface area (Å²) in [4.78, 5) is 11.6. The van der Waals surface area contributed by atoms with Gasteiger partial charge >= 0.3 is 0 Å². The van der Waals surface area contributed by atoms with Gasteiger partial charge in [0.25, 0.3) is 0 Å². The third kappa shape index (κ3) is 5.91. The summed E-state index contributed by atoms with van der Waals surface area (Å²) >= 11 is 0. The molecule has 1 atom stereocenters. The second kappa shape index (κ2) is 7.42. The third-order valence-corrected chi connectivity index (χ3v) is 2.60. The molecule has 1 N–H and O–H groups in total. The molecule has 0 heterocycles. The maximum atomic E-state index is 11.6. The Hall–Kier alpha value is -2.02. The van der Waals surface area contributed by atoms with Crippen LogP contribution in [0.2, 0.25) is 0 Å². The first-order chi connectivity index (χ1) is 9.01. The van der Waals surface area contributed by atoms with E-state index >= 15 is 0 Å². The number of aryl methyl sites for hydroxylation is 2. The molecule has 0 radical (unpaired) electrons. The van der Waals surface area contributed by atoms with Crippen LogP contribution in [0, 0.1) is 25.2 Å². The SMILES string of the molecule is Cc1cc(C)cc(OCCC(=O)N[C@H](C)CC#N)c1. The Kier molecular flexibility index (Phi) is 5.87. The summed E-state index contributed by atoms with van der Waals surface area (Å²) in [5.74, 6) is 0.697. The summed E-state index contributed by atoms with van der Waals surface area (Å²) in [7, 11) is 0. The number of amides is 1. The van der Waals surface area contributed by atoms with E-state index in [1.54, 1.807) is 0 Å². The van der Waals surface area contributed by atoms with Crippen molar-refractivity contribution in [2.45, 2.75) is 39.7 Å². The summed E-state index contributed by atoms with van der Waals surface area (Å²) in [5, 5.41) is 11.2. The molecule has 1 aromatic carbocycles. The number of nitrogens with zero attached hydrogens (tertiary/aromatic N) is 1. The van der Waals surface area contributed by atoms with Crippen LogP contribution in [0.5, 0.6) is 5.75 Å². The highest BCUT2D eigenvalue weighted by molar-refractivity contribution is 5.76. The first-order valence-electron chi connectivity index (χ1n) is 6.38. The minimum atomic E-state index is -0.112. The first-order valence-corrected chi connectivity index (χ1v) is 6.38. The lowest BCUT2D eigenvalue weighted by atomic mass is 10.1. The first kappa shape index (κ1) is 15.0. The normalized spacial score (nSPS) is 11.5. The predicted octanol–water partition coefficient (Wildman–Crippen LogP) is 2.49. The Bertz CT molecular complexity index is 457. The number of benzene rings is 1. The fourth-order valence-corrected chi connectivity index (χ4v) is 1.81. The molecule has 102 valence electrons. The molecular weight excluding hydrogens is 240 g/mol. The molecule has 1 amide bonds. The molecule has 4 heteroatoms. The minimum absolute atomic E-state index is 0.0906. The smallest absolute Gasteiger partial charge is 0.223 e. The Balaban J connectivity index is 2.34. The minimum Gasteiger partial charge on any atom is -0.493 e. The zero-order valence-corrected chi connectivity index (χ0v) is 11.7. The van der Waals surface area contributed by atoms with Crippen molar-refractivity contribution >= 4 is 5.91 Å². The average Bonchev–Trinajstić information content (AvgIpc) is 2.27. The van der Waals surface area contributed by atoms with E-state index in [1.807, 2.05) is 39.0 Å². The fourth-order valence-electron chi connectivity index (χ4n) is 1.81. The molecule has 0 unspecified atom stereocenters. The van der Waals surface area contributed by atoms with Crippen molar-refractivity contribution in [1.82, 2.24) is 5.32 Å². The molecule has 0 aliphatic carbocycles. The van der Waals surface area contributed by atoms with Crippen molar-refractivity contribution < 1.29 is 9.53 Å². The van der Waals surface area contributed by atoms with Crippen molar-refractivity contribution in [2.24, 2.45) is 0 Å². The van der Waals surface area contributed by atoms with Gasteiger partial charge in [0.2, 0.25) is 5.91 Å². The maximum absolute atomic E-state index is 11.6. The number of nitriles is 1. The second-order valence-electron chi connectivity index (χ2n) is 4.75. The fraction of sp³-hybridized carbons (Fsp3) is 0.467. The van der Waals surface area contributed by atoms with E-state index in [0.717, 1.165) is 16.9 Å². The van der Waals surface area contributed by atoms with Crippen LogP contribution in [0.4, 0.5) is 0 Å². The zero-order chi connectivity index (χ0) is 14.3. The summed E-state index contributed by atoms with van der Waals surface area (Å²) < 4.78 is 5.55. The lowest BCUT2D eigenvalue weighted by Crippen LogP contribution is -2.33. The zero-order valence-electron chi connectivity index (χ0n) is 11.7. The van der Waals surface area contributed by atoms with E-state index in [0.29, 0.717) is 19.4 Å². The number of carbonyl (C=O) groups excluding carboxylic acids is 1. The van der Waals surface area contributed by atoms with E-state index in [-0.39, 0.29) is 11.9 Å². The molecule has 0 bridgehead atoms. The van der Waals surface area contributed by atoms with Crippen molar-refractivity contribution in [3.8, 4) is 11.8 Å². The van der Waals surface area contributed by atoms with Gasteiger partial charge < -0.3 is 10.1 Å². The van der Waals surface area contributed by atoms with Crippen LogP contribution in [-0.2, 0) is 4.79 Å². The van der Waals surface area contributed by atoms with Crippen LogP contribution in [0.1, 0.15) is 30.9 Å². The summed E-state index contributed by atoms with van der Waals surface area (Å²) in [6.45, 7) is 6.17. The number of nitrogens with one attached hydrogen (secondary N) is 1. The standard InChI is InChI=1S/C15H20N2O2/c1-11-8-12(2)10-14(9-11)19-7-5-15(18)17-13(3)4-6-16/h8-10,13H,4-5,7H2,1-3H3,(H,17,18)/t13-/m1/s1. The Morgan fingerprint density at radius 2 is 2.00 bits per heavy atom. The van der Waals surface area contributed by atoms with E-state index in [2.05, 4.69) is 11.4 Å². The van der Waals surface area contributed by atoms with E-state index in [4.69, 9.17) is 10.00 Å². The lowest BCUT2D eigenvalue weighted by Gasteiger charge is -2.11. The van der Waals surface area contributed by atoms with E-state index in [1.165, 1.54) is 0 Å². The molecule has 0 fully saturated rings. The van der Waals surface area contributed by atoms with Crippen molar-refractivity contribution in [2.75, 3.05) is 6.61 Å². The van der Waals surface area contributed by atoms with Gasteiger partial charge in [0.1, 0.15) is 5.75 Å². The number of hydrogen-bond donors (Lipinski definition) is 1. The van der Waals surface area contributed by atoms with Gasteiger partial charge in [-0.05, 0) is 44.0 Å². The summed E-state index contributed by atoms with van der Waals surface area (Å²) in [5.41, 5.74) is 2.28. The highest BCUT2D eigenvalue weighted by Crippen LogP contribution is 2.16. The topological polar surface area (TPSA) is 62.1 Å². The number of hydrogen-bond acceptors (Lipinski definition) is 3. The summed E-state index contributed by atoms with van der Waals surface area (Å²) in [6, 6.07) is 7.88. The highest BCUT2D eigenvalue weighted by atomic mass is 16.5. The van der Waals surface area contributed by atoms with Gasteiger partial charge in [0.15, 0.2) is 0 Å². The molecule has 0 saturated heterocycles. The second-order valence-corrected chi connectivity index (χ2v) is 4.75. The largest absolute Gasteiger partial charge is 0.493 e. The quantitative estimate of drug-likeness (QED) is 0.854. The van der Waals surface area contributed by atoms with Gasteiger partial charge in [-0.2, -0.15) is 5.26 Å². The maximum Gasteiger partial charge on any atom is 0.223 e. The molecule has 0 aliphatic rings. The van der Waals surface area contributed by atoms with Crippen LogP contribution < -0.4 is 10.1 Å². The van der Waals surface area contributed by atoms with Gasteiger partial charge in [0, 0.05) is 6.04 Å². The molecule has 1 aromatic rings. The molecular formula is C15H20N2O2. The monoisotopic (exact) mass is 260 g/mol. The lowest BCUT2D eigenvalue weighted by molar-refractivity contribution is -0.122. The molecule has 0 aliphatic heterocycles. The van der Waals surface area contributed by atoms with Crippen LogP contribution in [0.15, 0.2) is 18.2 Å².